The van der Waals surface area contributed by atoms with Gasteiger partial charge in [-0.25, -0.2) is 0 Å². The van der Waals surface area contributed by atoms with Crippen molar-refractivity contribution in [2.75, 3.05) is 6.54 Å². The number of nitrogens with zero attached hydrogens (tertiary/aromatic N) is 1. The van der Waals surface area contributed by atoms with Crippen LogP contribution in [0.4, 0.5) is 0 Å². The molecule has 1 atom stereocenters. The molecule has 1 spiro atoms. The Labute approximate surface area is 129 Å². The Balaban J connectivity index is 1.55. The van der Waals surface area contributed by atoms with Crippen LogP contribution in [0.5, 0.6) is 0 Å². The zero-order valence-corrected chi connectivity index (χ0v) is 13.4. The molecule has 3 nitrogen and oxygen atoms in total. The second kappa shape index (κ2) is 6.68. The lowest BCUT2D eigenvalue weighted by Crippen LogP contribution is -2.48. The first-order valence-electron chi connectivity index (χ1n) is 9.16. The van der Waals surface area contributed by atoms with E-state index in [9.17, 15) is 4.79 Å². The summed E-state index contributed by atoms with van der Waals surface area (Å²) in [5, 5.41) is 8.96. The Bertz CT molecular complexity index is 352. The first-order valence-corrected chi connectivity index (χ1v) is 9.16. The minimum atomic E-state index is -0.630. The fourth-order valence-corrected chi connectivity index (χ4v) is 5.28. The Morgan fingerprint density at radius 3 is 2.38 bits per heavy atom. The quantitative estimate of drug-likeness (QED) is 0.844. The van der Waals surface area contributed by atoms with E-state index in [4.69, 9.17) is 5.11 Å². The first-order chi connectivity index (χ1) is 10.2. The van der Waals surface area contributed by atoms with Gasteiger partial charge in [-0.2, -0.15) is 0 Å². The normalized spacial score (nSPS) is 30.8. The second-order valence-corrected chi connectivity index (χ2v) is 7.76. The molecule has 2 saturated carbocycles. The van der Waals surface area contributed by atoms with E-state index in [0.29, 0.717) is 17.9 Å². The van der Waals surface area contributed by atoms with E-state index in [-0.39, 0.29) is 0 Å². The first kappa shape index (κ1) is 15.3. The lowest BCUT2D eigenvalue weighted by molar-refractivity contribution is -0.137. The summed E-state index contributed by atoms with van der Waals surface area (Å²) >= 11 is 0. The van der Waals surface area contributed by atoms with E-state index in [1.165, 1.54) is 77.2 Å². The van der Waals surface area contributed by atoms with Gasteiger partial charge in [-0.3, -0.25) is 9.69 Å². The van der Waals surface area contributed by atoms with Gasteiger partial charge in [0.2, 0.25) is 0 Å². The largest absolute Gasteiger partial charge is 0.481 e. The van der Waals surface area contributed by atoms with Crippen LogP contribution in [0, 0.1) is 5.41 Å². The van der Waals surface area contributed by atoms with Crippen molar-refractivity contribution >= 4 is 5.97 Å². The summed E-state index contributed by atoms with van der Waals surface area (Å²) in [6.45, 7) is 1.21. The standard InChI is InChI=1S/C18H31NO2/c20-17(21)7-6-15-5-1-4-14-19(15)16-8-12-18(13-9-16)10-2-3-11-18/h15-16H,1-14H2,(H,20,21). The lowest BCUT2D eigenvalue weighted by Gasteiger charge is -2.46. The van der Waals surface area contributed by atoms with E-state index in [1.807, 2.05) is 0 Å². The Morgan fingerprint density at radius 2 is 1.71 bits per heavy atom. The van der Waals surface area contributed by atoms with Crippen molar-refractivity contribution in [3.63, 3.8) is 0 Å². The monoisotopic (exact) mass is 293 g/mol. The maximum absolute atomic E-state index is 10.9. The summed E-state index contributed by atoms with van der Waals surface area (Å²) in [5.74, 6) is -0.630. The van der Waals surface area contributed by atoms with Crippen LogP contribution >= 0.6 is 0 Å². The van der Waals surface area contributed by atoms with Gasteiger partial charge in [-0.15, -0.1) is 0 Å². The fourth-order valence-electron chi connectivity index (χ4n) is 5.28. The summed E-state index contributed by atoms with van der Waals surface area (Å²) in [5.41, 5.74) is 0.711. The highest BCUT2D eigenvalue weighted by Crippen LogP contribution is 2.50. The molecule has 1 saturated heterocycles. The van der Waals surface area contributed by atoms with Crippen molar-refractivity contribution in [3.05, 3.63) is 0 Å². The number of hydrogen-bond acceptors (Lipinski definition) is 2. The van der Waals surface area contributed by atoms with Crippen molar-refractivity contribution in [1.82, 2.24) is 4.90 Å². The number of likely N-dealkylation sites (tertiary alicyclic amines) is 1. The minimum Gasteiger partial charge on any atom is -0.481 e. The molecular formula is C18H31NO2. The number of piperidine rings is 1. The van der Waals surface area contributed by atoms with Gasteiger partial charge in [0.1, 0.15) is 0 Å². The van der Waals surface area contributed by atoms with Gasteiger partial charge in [0.25, 0.3) is 0 Å². The molecule has 0 aromatic carbocycles. The molecule has 0 amide bonds. The molecule has 120 valence electrons. The molecule has 0 bridgehead atoms. The van der Waals surface area contributed by atoms with Crippen molar-refractivity contribution in [1.29, 1.82) is 0 Å². The molecule has 0 aromatic heterocycles. The summed E-state index contributed by atoms with van der Waals surface area (Å²) in [6.07, 6.45) is 16.5. The summed E-state index contributed by atoms with van der Waals surface area (Å²) in [6, 6.07) is 1.28. The van der Waals surface area contributed by atoms with E-state index in [1.54, 1.807) is 0 Å². The SMILES string of the molecule is O=C(O)CCC1CCCCN1C1CCC2(CCCC2)CC1. The van der Waals surface area contributed by atoms with Crippen LogP contribution in [-0.2, 0) is 4.79 Å². The number of rotatable bonds is 4. The Hall–Kier alpha value is -0.570. The maximum atomic E-state index is 10.9. The number of carboxylic acids is 1. The topological polar surface area (TPSA) is 40.5 Å². The molecule has 1 heterocycles. The molecule has 3 aliphatic rings. The second-order valence-electron chi connectivity index (χ2n) is 7.76. The van der Waals surface area contributed by atoms with Crippen LogP contribution in [-0.4, -0.2) is 34.6 Å². The van der Waals surface area contributed by atoms with Crippen LogP contribution in [0.25, 0.3) is 0 Å². The molecule has 2 aliphatic carbocycles. The summed E-state index contributed by atoms with van der Waals surface area (Å²) < 4.78 is 0. The molecule has 0 radical (unpaired) electrons. The van der Waals surface area contributed by atoms with Crippen LogP contribution in [0.3, 0.4) is 0 Å². The highest BCUT2D eigenvalue weighted by Gasteiger charge is 2.40. The van der Waals surface area contributed by atoms with Crippen molar-refractivity contribution in [2.24, 2.45) is 5.41 Å². The predicted molar refractivity (Wildman–Crippen MR) is 84.4 cm³/mol. The minimum absolute atomic E-state index is 0.345. The van der Waals surface area contributed by atoms with Gasteiger partial charge in [-0.05, 0) is 69.7 Å². The van der Waals surface area contributed by atoms with Gasteiger partial charge >= 0.3 is 5.97 Å². The van der Waals surface area contributed by atoms with Gasteiger partial charge in [0.15, 0.2) is 0 Å². The smallest absolute Gasteiger partial charge is 0.303 e. The zero-order chi connectivity index (χ0) is 14.7. The van der Waals surface area contributed by atoms with Crippen molar-refractivity contribution < 1.29 is 9.90 Å². The summed E-state index contributed by atoms with van der Waals surface area (Å²) in [4.78, 5) is 13.6. The predicted octanol–water partition coefficient (Wildman–Crippen LogP) is 4.21. The Kier molecular flexibility index (Phi) is 4.88. The molecule has 21 heavy (non-hydrogen) atoms. The fraction of sp³-hybridized carbons (Fsp3) is 0.944. The highest BCUT2D eigenvalue weighted by molar-refractivity contribution is 5.66. The molecule has 0 aromatic rings. The lowest BCUT2D eigenvalue weighted by atomic mass is 9.70. The zero-order valence-electron chi connectivity index (χ0n) is 13.4. The van der Waals surface area contributed by atoms with Gasteiger partial charge in [-0.1, -0.05) is 19.3 Å². The third kappa shape index (κ3) is 3.61. The molecule has 3 heteroatoms. The molecule has 3 fully saturated rings. The van der Waals surface area contributed by atoms with Crippen LogP contribution in [0.2, 0.25) is 0 Å². The molecular weight excluding hydrogens is 262 g/mol. The third-order valence-corrected chi connectivity index (χ3v) is 6.51. The van der Waals surface area contributed by atoms with E-state index >= 15 is 0 Å². The van der Waals surface area contributed by atoms with Gasteiger partial charge < -0.3 is 5.11 Å². The molecule has 3 rings (SSSR count). The van der Waals surface area contributed by atoms with E-state index in [0.717, 1.165) is 12.5 Å². The number of hydrogen-bond donors (Lipinski definition) is 1. The average Bonchev–Trinajstić information content (AvgIpc) is 2.95. The van der Waals surface area contributed by atoms with E-state index in [2.05, 4.69) is 4.90 Å². The van der Waals surface area contributed by atoms with Gasteiger partial charge in [0, 0.05) is 18.5 Å². The molecule has 1 aliphatic heterocycles. The summed E-state index contributed by atoms with van der Waals surface area (Å²) in [7, 11) is 0. The molecule has 1 N–H and O–H groups in total. The van der Waals surface area contributed by atoms with Crippen LogP contribution in [0.1, 0.15) is 83.5 Å². The number of carbonyl (C=O) groups is 1. The van der Waals surface area contributed by atoms with Crippen LogP contribution in [0.15, 0.2) is 0 Å². The van der Waals surface area contributed by atoms with Crippen molar-refractivity contribution in [2.45, 2.75) is 95.6 Å². The Morgan fingerprint density at radius 1 is 1.00 bits per heavy atom. The maximum Gasteiger partial charge on any atom is 0.303 e. The average molecular weight is 293 g/mol. The highest BCUT2D eigenvalue weighted by atomic mass is 16.4. The van der Waals surface area contributed by atoms with Gasteiger partial charge in [0.05, 0.1) is 0 Å². The molecule has 1 unspecified atom stereocenters. The number of aliphatic carboxylic acids is 1. The van der Waals surface area contributed by atoms with E-state index < -0.39 is 5.97 Å². The number of carboxylic acid groups (broad SMARTS) is 1. The van der Waals surface area contributed by atoms with Crippen molar-refractivity contribution in [3.8, 4) is 0 Å². The van der Waals surface area contributed by atoms with Crippen LogP contribution < -0.4 is 0 Å². The third-order valence-electron chi connectivity index (χ3n) is 6.51.